The summed E-state index contributed by atoms with van der Waals surface area (Å²) < 4.78 is 0. The molecular weight excluding hydrogens is 362 g/mol. The van der Waals surface area contributed by atoms with E-state index in [2.05, 4.69) is 57.3 Å². The summed E-state index contributed by atoms with van der Waals surface area (Å²) in [5.41, 5.74) is 7.27. The number of hydrogen-bond donors (Lipinski definition) is 0. The third-order valence-corrected chi connectivity index (χ3v) is 6.29. The maximum absolute atomic E-state index is 5.05. The second-order valence-corrected chi connectivity index (χ2v) is 8.89. The minimum atomic E-state index is 1.18. The molecule has 1 aromatic heterocycles. The van der Waals surface area contributed by atoms with Crippen molar-refractivity contribution in [3.05, 3.63) is 53.2 Å². The van der Waals surface area contributed by atoms with Gasteiger partial charge >= 0.3 is 0 Å². The van der Waals surface area contributed by atoms with Crippen LogP contribution in [0.3, 0.4) is 0 Å². The minimum Gasteiger partial charge on any atom is -0.256 e. The summed E-state index contributed by atoms with van der Waals surface area (Å²) in [4.78, 5) is 5.05. The van der Waals surface area contributed by atoms with Crippen LogP contribution in [-0.4, -0.2) is 4.98 Å². The Morgan fingerprint density at radius 3 is 1.67 bits per heavy atom. The fraction of sp³-hybridized carbons (Fsp3) is 0.621. The molecule has 0 bridgehead atoms. The van der Waals surface area contributed by atoms with E-state index in [1.807, 2.05) is 0 Å². The Labute approximate surface area is 186 Å². The number of nitrogens with zero attached hydrogens (tertiary/aromatic N) is 1. The molecule has 0 saturated carbocycles. The molecule has 1 heterocycles. The molecule has 0 atom stereocenters. The van der Waals surface area contributed by atoms with E-state index in [4.69, 9.17) is 4.98 Å². The van der Waals surface area contributed by atoms with E-state index in [1.54, 1.807) is 11.1 Å². The van der Waals surface area contributed by atoms with Crippen LogP contribution in [0, 0.1) is 0 Å². The van der Waals surface area contributed by atoms with Gasteiger partial charge in [-0.15, -0.1) is 0 Å². The van der Waals surface area contributed by atoms with Gasteiger partial charge in [0.1, 0.15) is 0 Å². The summed E-state index contributed by atoms with van der Waals surface area (Å²) in [7, 11) is 0. The third kappa shape index (κ3) is 8.25. The minimum absolute atomic E-state index is 1.18. The highest BCUT2D eigenvalue weighted by atomic mass is 14.7. The van der Waals surface area contributed by atoms with E-state index in [9.17, 15) is 0 Å². The van der Waals surface area contributed by atoms with Gasteiger partial charge in [-0.05, 0) is 55.2 Å². The second-order valence-electron chi connectivity index (χ2n) is 8.89. The van der Waals surface area contributed by atoms with Crippen LogP contribution in [0.4, 0.5) is 0 Å². The number of aryl methyl sites for hydroxylation is 1. The zero-order chi connectivity index (χ0) is 21.4. The first-order valence-electron chi connectivity index (χ1n) is 12.9. The molecule has 0 aliphatic heterocycles. The van der Waals surface area contributed by atoms with Crippen LogP contribution in [0.5, 0.6) is 0 Å². The molecule has 0 fully saturated rings. The molecule has 2 rings (SSSR count). The predicted octanol–water partition coefficient (Wildman–Crippen LogP) is 9.12. The van der Waals surface area contributed by atoms with E-state index in [1.165, 1.54) is 113 Å². The molecular formula is C29H45N. The van der Waals surface area contributed by atoms with E-state index >= 15 is 0 Å². The fourth-order valence-corrected chi connectivity index (χ4v) is 4.48. The van der Waals surface area contributed by atoms with Crippen LogP contribution in [0.15, 0.2) is 36.5 Å². The standard InChI is InChI=1S/C29H45N/c1-4-7-10-14-21-26-24-30-29(25-19-15-13-16-20-25)28(23-18-12-9-6-3)27(26)22-17-11-8-5-2/h13,15-16,19-20,24H,4-12,14,17-18,21-23H2,1-3H3. The first-order chi connectivity index (χ1) is 14.8. The van der Waals surface area contributed by atoms with Crippen molar-refractivity contribution >= 4 is 0 Å². The molecule has 0 saturated heterocycles. The third-order valence-electron chi connectivity index (χ3n) is 6.29. The van der Waals surface area contributed by atoms with Gasteiger partial charge in [0.2, 0.25) is 0 Å². The summed E-state index contributed by atoms with van der Waals surface area (Å²) in [6.45, 7) is 6.90. The maximum Gasteiger partial charge on any atom is 0.0736 e. The molecule has 30 heavy (non-hydrogen) atoms. The predicted molar refractivity (Wildman–Crippen MR) is 133 cm³/mol. The molecule has 1 nitrogen and oxygen atoms in total. The number of pyridine rings is 1. The van der Waals surface area contributed by atoms with E-state index < -0.39 is 0 Å². The lowest BCUT2D eigenvalue weighted by Gasteiger charge is -2.19. The quantitative estimate of drug-likeness (QED) is 0.253. The van der Waals surface area contributed by atoms with Crippen molar-refractivity contribution in [1.82, 2.24) is 4.98 Å². The van der Waals surface area contributed by atoms with Crippen molar-refractivity contribution in [2.75, 3.05) is 0 Å². The van der Waals surface area contributed by atoms with E-state index in [-0.39, 0.29) is 0 Å². The Hall–Kier alpha value is -1.63. The Morgan fingerprint density at radius 2 is 1.10 bits per heavy atom. The van der Waals surface area contributed by atoms with Crippen LogP contribution < -0.4 is 0 Å². The number of hydrogen-bond acceptors (Lipinski definition) is 1. The molecule has 0 radical (unpaired) electrons. The molecule has 0 spiro atoms. The monoisotopic (exact) mass is 407 g/mol. The molecule has 0 amide bonds. The van der Waals surface area contributed by atoms with E-state index in [0.717, 1.165) is 0 Å². The Balaban J connectivity index is 2.33. The summed E-state index contributed by atoms with van der Waals surface area (Å²) in [5.74, 6) is 0. The molecule has 0 unspecified atom stereocenters. The van der Waals surface area contributed by atoms with Crippen molar-refractivity contribution in [3.63, 3.8) is 0 Å². The van der Waals surface area contributed by atoms with Gasteiger partial charge < -0.3 is 0 Å². The van der Waals surface area contributed by atoms with Gasteiger partial charge in [-0.1, -0.05) is 109 Å². The summed E-state index contributed by atoms with van der Waals surface area (Å²) in [6, 6.07) is 10.9. The average Bonchev–Trinajstić information content (AvgIpc) is 2.78. The topological polar surface area (TPSA) is 12.9 Å². The Kier molecular flexibility index (Phi) is 12.5. The van der Waals surface area contributed by atoms with Crippen molar-refractivity contribution < 1.29 is 0 Å². The molecule has 2 aromatic rings. The number of rotatable bonds is 16. The van der Waals surface area contributed by atoms with Crippen molar-refractivity contribution in [3.8, 4) is 11.3 Å². The first kappa shape index (κ1) is 24.6. The highest BCUT2D eigenvalue weighted by Gasteiger charge is 2.16. The van der Waals surface area contributed by atoms with Crippen LogP contribution in [0.25, 0.3) is 11.3 Å². The zero-order valence-corrected chi connectivity index (χ0v) is 20.0. The van der Waals surface area contributed by atoms with Gasteiger partial charge in [0.25, 0.3) is 0 Å². The van der Waals surface area contributed by atoms with Crippen molar-refractivity contribution in [1.29, 1.82) is 0 Å². The summed E-state index contributed by atoms with van der Waals surface area (Å²) >= 11 is 0. The maximum atomic E-state index is 5.05. The Bertz CT molecular complexity index is 689. The van der Waals surface area contributed by atoms with Gasteiger partial charge in [-0.2, -0.15) is 0 Å². The van der Waals surface area contributed by atoms with Gasteiger partial charge in [0, 0.05) is 11.8 Å². The van der Waals surface area contributed by atoms with Gasteiger partial charge in [-0.25, -0.2) is 0 Å². The van der Waals surface area contributed by atoms with Gasteiger partial charge in [0.05, 0.1) is 5.69 Å². The smallest absolute Gasteiger partial charge is 0.0736 e. The number of benzene rings is 1. The highest BCUT2D eigenvalue weighted by molar-refractivity contribution is 5.65. The van der Waals surface area contributed by atoms with Crippen LogP contribution >= 0.6 is 0 Å². The first-order valence-corrected chi connectivity index (χ1v) is 12.9. The van der Waals surface area contributed by atoms with Crippen LogP contribution in [-0.2, 0) is 19.3 Å². The van der Waals surface area contributed by atoms with Gasteiger partial charge in [-0.3, -0.25) is 4.98 Å². The Morgan fingerprint density at radius 1 is 0.567 bits per heavy atom. The molecule has 166 valence electrons. The summed E-state index contributed by atoms with van der Waals surface area (Å²) in [5, 5.41) is 0. The SMILES string of the molecule is CCCCCCc1cnc(-c2ccccc2)c(CCCCCC)c1CCCCCC. The van der Waals surface area contributed by atoms with Crippen molar-refractivity contribution in [2.45, 2.75) is 117 Å². The summed E-state index contributed by atoms with van der Waals surface area (Å²) in [6.07, 6.45) is 21.7. The lowest BCUT2D eigenvalue weighted by Crippen LogP contribution is -2.06. The van der Waals surface area contributed by atoms with E-state index in [0.29, 0.717) is 0 Å². The molecule has 0 aliphatic carbocycles. The van der Waals surface area contributed by atoms with Crippen molar-refractivity contribution in [2.24, 2.45) is 0 Å². The molecule has 1 heteroatoms. The lowest BCUT2D eigenvalue weighted by atomic mass is 9.88. The fourth-order valence-electron chi connectivity index (χ4n) is 4.48. The second kappa shape index (κ2) is 15.2. The van der Waals surface area contributed by atoms with Crippen LogP contribution in [0.1, 0.15) is 115 Å². The highest BCUT2D eigenvalue weighted by Crippen LogP contribution is 2.30. The number of unbranched alkanes of at least 4 members (excludes halogenated alkanes) is 9. The number of aromatic nitrogens is 1. The molecule has 0 N–H and O–H groups in total. The largest absolute Gasteiger partial charge is 0.256 e. The molecule has 1 aromatic carbocycles. The van der Waals surface area contributed by atoms with Gasteiger partial charge in [0.15, 0.2) is 0 Å². The average molecular weight is 408 g/mol. The zero-order valence-electron chi connectivity index (χ0n) is 20.0. The molecule has 0 aliphatic rings. The lowest BCUT2D eigenvalue weighted by molar-refractivity contribution is 0.638. The van der Waals surface area contributed by atoms with Crippen LogP contribution in [0.2, 0.25) is 0 Å². The normalized spacial score (nSPS) is 11.2.